The lowest BCUT2D eigenvalue weighted by atomic mass is 10.2. The second kappa shape index (κ2) is 3.69. The first-order valence-corrected chi connectivity index (χ1v) is 3.91. The van der Waals surface area contributed by atoms with Crippen LogP contribution >= 0.6 is 11.6 Å². The third-order valence-corrected chi connectivity index (χ3v) is 1.71. The van der Waals surface area contributed by atoms with Gasteiger partial charge in [-0.15, -0.1) is 0 Å². The molecule has 1 N–H and O–H groups in total. The lowest BCUT2D eigenvalue weighted by Crippen LogP contribution is -1.97. The van der Waals surface area contributed by atoms with E-state index in [0.717, 1.165) is 0 Å². The van der Waals surface area contributed by atoms with Crippen molar-refractivity contribution in [3.8, 4) is 0 Å². The molecular weight excluding hydrogens is 162 g/mol. The maximum atomic E-state index is 9.33. The number of aromatic nitrogens is 1. The smallest absolute Gasteiger partial charge is 0.0957 e. The third kappa shape index (κ3) is 2.17. The fourth-order valence-electron chi connectivity index (χ4n) is 0.813. The highest BCUT2D eigenvalue weighted by molar-refractivity contribution is 6.30. The summed E-state index contributed by atoms with van der Waals surface area (Å²) in [5.41, 5.74) is 0.639. The molecule has 1 rings (SSSR count). The van der Waals surface area contributed by atoms with Crippen LogP contribution in [-0.2, 0) is 0 Å². The van der Waals surface area contributed by atoms with Gasteiger partial charge >= 0.3 is 0 Å². The van der Waals surface area contributed by atoms with Crippen molar-refractivity contribution >= 4 is 11.6 Å². The van der Waals surface area contributed by atoms with Crippen LogP contribution in [0.1, 0.15) is 25.1 Å². The molecule has 0 aliphatic carbocycles. The van der Waals surface area contributed by atoms with Gasteiger partial charge in [0.1, 0.15) is 0 Å². The first kappa shape index (κ1) is 8.50. The molecule has 60 valence electrons. The molecule has 11 heavy (non-hydrogen) atoms. The van der Waals surface area contributed by atoms with Gasteiger partial charge in [-0.1, -0.05) is 18.5 Å². The summed E-state index contributed by atoms with van der Waals surface area (Å²) in [4.78, 5) is 3.98. The number of aliphatic hydroxyl groups is 1. The molecule has 0 saturated heterocycles. The predicted octanol–water partition coefficient (Wildman–Crippen LogP) is 2.18. The molecular formula is C8H10ClNO. The van der Waals surface area contributed by atoms with Crippen molar-refractivity contribution in [3.63, 3.8) is 0 Å². The maximum Gasteiger partial charge on any atom is 0.0957 e. The molecule has 3 heteroatoms. The molecule has 0 fully saturated rings. The van der Waals surface area contributed by atoms with Crippen molar-refractivity contribution in [3.05, 3.63) is 29.0 Å². The fourth-order valence-corrected chi connectivity index (χ4v) is 0.981. The van der Waals surface area contributed by atoms with Crippen LogP contribution in [-0.4, -0.2) is 10.1 Å². The van der Waals surface area contributed by atoms with Gasteiger partial charge in [0.15, 0.2) is 0 Å². The van der Waals surface area contributed by atoms with Crippen LogP contribution in [0.2, 0.25) is 5.02 Å². The summed E-state index contributed by atoms with van der Waals surface area (Å²) in [5.74, 6) is 0. The predicted molar refractivity (Wildman–Crippen MR) is 44.5 cm³/mol. The largest absolute Gasteiger partial charge is 0.387 e. The Bertz CT molecular complexity index is 239. The minimum atomic E-state index is -0.492. The second-order valence-corrected chi connectivity index (χ2v) is 2.76. The van der Waals surface area contributed by atoms with Crippen LogP contribution < -0.4 is 0 Å². The molecule has 1 aromatic heterocycles. The van der Waals surface area contributed by atoms with Crippen molar-refractivity contribution in [2.75, 3.05) is 0 Å². The van der Waals surface area contributed by atoms with E-state index in [0.29, 0.717) is 17.1 Å². The average molecular weight is 172 g/mol. The van der Waals surface area contributed by atoms with Crippen LogP contribution in [0.3, 0.4) is 0 Å². The Morgan fingerprint density at radius 3 is 3.00 bits per heavy atom. The highest BCUT2D eigenvalue weighted by Gasteiger charge is 2.05. The summed E-state index contributed by atoms with van der Waals surface area (Å²) >= 11 is 5.69. The molecule has 0 aliphatic rings. The Labute approximate surface area is 70.8 Å². The van der Waals surface area contributed by atoms with Gasteiger partial charge in [0.25, 0.3) is 0 Å². The average Bonchev–Trinajstić information content (AvgIpc) is 2.03. The first-order chi connectivity index (χ1) is 5.24. The Balaban J connectivity index is 2.86. The van der Waals surface area contributed by atoms with Gasteiger partial charge in [-0.25, -0.2) is 0 Å². The van der Waals surface area contributed by atoms with Gasteiger partial charge in [0, 0.05) is 11.2 Å². The van der Waals surface area contributed by atoms with Crippen LogP contribution in [0.5, 0.6) is 0 Å². The van der Waals surface area contributed by atoms with E-state index >= 15 is 0 Å². The summed E-state index contributed by atoms with van der Waals surface area (Å²) in [6, 6.07) is 3.36. The molecule has 1 aromatic rings. The third-order valence-electron chi connectivity index (χ3n) is 1.47. The van der Waals surface area contributed by atoms with Gasteiger partial charge in [-0.05, 0) is 18.6 Å². The highest BCUT2D eigenvalue weighted by Crippen LogP contribution is 2.16. The summed E-state index contributed by atoms with van der Waals surface area (Å²) in [7, 11) is 0. The van der Waals surface area contributed by atoms with Crippen molar-refractivity contribution in [1.29, 1.82) is 0 Å². The van der Waals surface area contributed by atoms with E-state index in [-0.39, 0.29) is 0 Å². The zero-order chi connectivity index (χ0) is 8.27. The van der Waals surface area contributed by atoms with Crippen molar-refractivity contribution in [2.45, 2.75) is 19.4 Å². The van der Waals surface area contributed by atoms with Crippen molar-refractivity contribution in [2.24, 2.45) is 0 Å². The monoisotopic (exact) mass is 171 g/mol. The number of halogens is 1. The molecule has 0 spiro atoms. The zero-order valence-corrected chi connectivity index (χ0v) is 7.04. The standard InChI is InChI=1S/C8H10ClNO/c1-2-8(11)7-5-6(9)3-4-10-7/h3-5,8,11H,2H2,1H3/t8-/m1/s1. The SMILES string of the molecule is CC[C@@H](O)c1cc(Cl)ccn1. The van der Waals surface area contributed by atoms with E-state index in [1.807, 2.05) is 6.92 Å². The number of rotatable bonds is 2. The van der Waals surface area contributed by atoms with E-state index in [4.69, 9.17) is 11.6 Å². The normalized spacial score (nSPS) is 13.0. The summed E-state index contributed by atoms with van der Waals surface area (Å²) < 4.78 is 0. The number of aliphatic hydroxyl groups excluding tert-OH is 1. The number of nitrogens with zero attached hydrogens (tertiary/aromatic N) is 1. The Kier molecular flexibility index (Phi) is 2.85. The van der Waals surface area contributed by atoms with E-state index < -0.39 is 6.10 Å². The quantitative estimate of drug-likeness (QED) is 0.740. The first-order valence-electron chi connectivity index (χ1n) is 3.53. The van der Waals surface area contributed by atoms with Crippen molar-refractivity contribution < 1.29 is 5.11 Å². The van der Waals surface area contributed by atoms with Gasteiger partial charge in [0.05, 0.1) is 11.8 Å². The Morgan fingerprint density at radius 2 is 2.45 bits per heavy atom. The lowest BCUT2D eigenvalue weighted by Gasteiger charge is -2.05. The minimum absolute atomic E-state index is 0.492. The van der Waals surface area contributed by atoms with E-state index in [1.54, 1.807) is 18.3 Å². The van der Waals surface area contributed by atoms with Crippen LogP contribution in [0.25, 0.3) is 0 Å². The molecule has 0 saturated carbocycles. The van der Waals surface area contributed by atoms with Crippen molar-refractivity contribution in [1.82, 2.24) is 4.98 Å². The zero-order valence-electron chi connectivity index (χ0n) is 6.29. The highest BCUT2D eigenvalue weighted by atomic mass is 35.5. The number of pyridine rings is 1. The topological polar surface area (TPSA) is 33.1 Å². The lowest BCUT2D eigenvalue weighted by molar-refractivity contribution is 0.169. The molecule has 0 unspecified atom stereocenters. The van der Waals surface area contributed by atoms with Crippen LogP contribution in [0.15, 0.2) is 18.3 Å². The Hall–Kier alpha value is -0.600. The molecule has 2 nitrogen and oxygen atoms in total. The molecule has 0 aromatic carbocycles. The van der Waals surface area contributed by atoms with E-state index in [9.17, 15) is 5.11 Å². The summed E-state index contributed by atoms with van der Waals surface area (Å²) in [6.07, 6.45) is 1.76. The van der Waals surface area contributed by atoms with Gasteiger partial charge < -0.3 is 5.11 Å². The number of hydrogen-bond donors (Lipinski definition) is 1. The maximum absolute atomic E-state index is 9.33. The minimum Gasteiger partial charge on any atom is -0.387 e. The Morgan fingerprint density at radius 1 is 1.73 bits per heavy atom. The van der Waals surface area contributed by atoms with Crippen LogP contribution in [0.4, 0.5) is 0 Å². The molecule has 0 aliphatic heterocycles. The van der Waals surface area contributed by atoms with Gasteiger partial charge in [0.2, 0.25) is 0 Å². The van der Waals surface area contributed by atoms with E-state index in [1.165, 1.54) is 0 Å². The number of hydrogen-bond acceptors (Lipinski definition) is 2. The summed E-state index contributed by atoms with van der Waals surface area (Å²) in [5, 5.41) is 9.95. The molecule has 0 bridgehead atoms. The second-order valence-electron chi connectivity index (χ2n) is 2.32. The molecule has 1 atom stereocenters. The fraction of sp³-hybridized carbons (Fsp3) is 0.375. The van der Waals surface area contributed by atoms with Gasteiger partial charge in [-0.2, -0.15) is 0 Å². The van der Waals surface area contributed by atoms with E-state index in [2.05, 4.69) is 4.98 Å². The van der Waals surface area contributed by atoms with Gasteiger partial charge in [-0.3, -0.25) is 4.98 Å². The molecule has 0 amide bonds. The summed E-state index contributed by atoms with van der Waals surface area (Å²) in [6.45, 7) is 1.90. The molecule has 0 radical (unpaired) electrons. The molecule has 1 heterocycles. The van der Waals surface area contributed by atoms with Crippen LogP contribution in [0, 0.1) is 0 Å².